The van der Waals surface area contributed by atoms with E-state index in [-0.39, 0.29) is 37.6 Å². The van der Waals surface area contributed by atoms with E-state index in [4.69, 9.17) is 5.26 Å². The Morgan fingerprint density at radius 2 is 1.84 bits per heavy atom. The number of nitrogens with zero attached hydrogens (tertiary/aromatic N) is 3. The summed E-state index contributed by atoms with van der Waals surface area (Å²) in [5, 5.41) is 11.5. The van der Waals surface area contributed by atoms with Gasteiger partial charge in [0.15, 0.2) is 0 Å². The maximum absolute atomic E-state index is 13.4. The molecule has 0 aliphatic carbocycles. The standard InChI is InChI=1S/C23H23F3N4O2/c1-15-3-5-16(6-4-15)11-21(31)30-10-9-29(14-20(30)22(32)28-2)18-8-7-17(13-27)19(12-18)23(24,25)26/h3-8,12,20H,9-11,14H2,1-2H3,(H,28,32). The molecule has 0 aromatic heterocycles. The van der Waals surface area contributed by atoms with Crippen LogP contribution in [0.15, 0.2) is 42.5 Å². The molecule has 2 aromatic rings. The van der Waals surface area contributed by atoms with Gasteiger partial charge in [-0.1, -0.05) is 29.8 Å². The number of alkyl halides is 3. The Morgan fingerprint density at radius 1 is 1.16 bits per heavy atom. The number of halogens is 3. The van der Waals surface area contributed by atoms with Gasteiger partial charge in [-0.2, -0.15) is 18.4 Å². The average molecular weight is 444 g/mol. The molecular formula is C23H23F3N4O2. The highest BCUT2D eigenvalue weighted by atomic mass is 19.4. The van der Waals surface area contributed by atoms with Crippen LogP contribution >= 0.6 is 0 Å². The van der Waals surface area contributed by atoms with E-state index in [1.807, 2.05) is 31.2 Å². The van der Waals surface area contributed by atoms with E-state index in [0.29, 0.717) is 0 Å². The summed E-state index contributed by atoms with van der Waals surface area (Å²) in [5.74, 6) is -0.616. The summed E-state index contributed by atoms with van der Waals surface area (Å²) in [7, 11) is 1.45. The SMILES string of the molecule is CNC(=O)C1CN(c2ccc(C#N)c(C(F)(F)F)c2)CCN1C(=O)Cc1ccc(C)cc1. The average Bonchev–Trinajstić information content (AvgIpc) is 2.78. The number of piperazine rings is 1. The van der Waals surface area contributed by atoms with Crippen LogP contribution < -0.4 is 10.2 Å². The highest BCUT2D eigenvalue weighted by Gasteiger charge is 2.37. The van der Waals surface area contributed by atoms with Gasteiger partial charge >= 0.3 is 6.18 Å². The molecular weight excluding hydrogens is 421 g/mol. The van der Waals surface area contributed by atoms with E-state index in [9.17, 15) is 22.8 Å². The smallest absolute Gasteiger partial charge is 0.367 e. The molecule has 0 spiro atoms. The number of likely N-dealkylation sites (N-methyl/N-ethyl adjacent to an activating group) is 1. The Balaban J connectivity index is 1.83. The molecule has 9 heteroatoms. The van der Waals surface area contributed by atoms with Crippen molar-refractivity contribution < 1.29 is 22.8 Å². The second-order valence-electron chi connectivity index (χ2n) is 7.67. The van der Waals surface area contributed by atoms with Crippen LogP contribution in [0.1, 0.15) is 22.3 Å². The molecule has 1 saturated heterocycles. The lowest BCUT2D eigenvalue weighted by Gasteiger charge is -2.41. The lowest BCUT2D eigenvalue weighted by Crippen LogP contribution is -2.60. The number of amides is 2. The zero-order valence-corrected chi connectivity index (χ0v) is 17.7. The molecule has 1 heterocycles. The van der Waals surface area contributed by atoms with Crippen molar-refractivity contribution in [2.75, 3.05) is 31.6 Å². The highest BCUT2D eigenvalue weighted by molar-refractivity contribution is 5.89. The summed E-state index contributed by atoms with van der Waals surface area (Å²) < 4.78 is 40.1. The molecule has 0 saturated carbocycles. The van der Waals surface area contributed by atoms with Gasteiger partial charge in [-0.3, -0.25) is 9.59 Å². The normalized spacial score (nSPS) is 16.4. The molecule has 1 unspecified atom stereocenters. The molecule has 3 rings (SSSR count). The first-order valence-electron chi connectivity index (χ1n) is 10.1. The number of nitrogens with one attached hydrogen (secondary N) is 1. The van der Waals surface area contributed by atoms with Gasteiger partial charge in [-0.05, 0) is 30.7 Å². The van der Waals surface area contributed by atoms with Crippen LogP contribution in [-0.4, -0.2) is 49.4 Å². The summed E-state index contributed by atoms with van der Waals surface area (Å²) >= 11 is 0. The summed E-state index contributed by atoms with van der Waals surface area (Å²) in [4.78, 5) is 28.6. The fourth-order valence-corrected chi connectivity index (χ4v) is 3.75. The van der Waals surface area contributed by atoms with Crippen LogP contribution in [0.2, 0.25) is 0 Å². The maximum atomic E-state index is 13.4. The molecule has 2 amide bonds. The molecule has 1 aliphatic heterocycles. The summed E-state index contributed by atoms with van der Waals surface area (Å²) in [5.41, 5.74) is 0.651. The van der Waals surface area contributed by atoms with Crippen LogP contribution in [0.25, 0.3) is 0 Å². The first kappa shape index (κ1) is 23.1. The van der Waals surface area contributed by atoms with E-state index in [0.717, 1.165) is 23.3 Å². The Labute approximate surface area is 184 Å². The predicted octanol–water partition coefficient (Wildman–Crippen LogP) is 2.89. The number of carbonyl (C=O) groups excluding carboxylic acids is 2. The molecule has 2 aromatic carbocycles. The predicted molar refractivity (Wildman–Crippen MR) is 113 cm³/mol. The quantitative estimate of drug-likeness (QED) is 0.787. The van der Waals surface area contributed by atoms with Crippen molar-refractivity contribution in [1.82, 2.24) is 10.2 Å². The number of rotatable bonds is 4. The van der Waals surface area contributed by atoms with Crippen molar-refractivity contribution in [2.45, 2.75) is 25.6 Å². The topological polar surface area (TPSA) is 76.4 Å². The number of aryl methyl sites for hydroxylation is 1. The minimum absolute atomic E-state index is 0.0442. The van der Waals surface area contributed by atoms with Gasteiger partial charge in [-0.25, -0.2) is 0 Å². The van der Waals surface area contributed by atoms with Gasteiger partial charge < -0.3 is 15.1 Å². The van der Waals surface area contributed by atoms with Gasteiger partial charge in [-0.15, -0.1) is 0 Å². The third kappa shape index (κ3) is 5.02. The van der Waals surface area contributed by atoms with E-state index in [2.05, 4.69) is 5.32 Å². The van der Waals surface area contributed by atoms with E-state index in [1.54, 1.807) is 11.0 Å². The Kier molecular flexibility index (Phi) is 6.72. The van der Waals surface area contributed by atoms with Crippen molar-refractivity contribution >= 4 is 17.5 Å². The van der Waals surface area contributed by atoms with Crippen LogP contribution in [0.3, 0.4) is 0 Å². The molecule has 1 atom stereocenters. The number of benzene rings is 2. The minimum Gasteiger partial charge on any atom is -0.367 e. The minimum atomic E-state index is -4.67. The van der Waals surface area contributed by atoms with Gasteiger partial charge in [0.1, 0.15) is 6.04 Å². The molecule has 168 valence electrons. The third-order valence-electron chi connectivity index (χ3n) is 5.52. The number of hydrogen-bond donors (Lipinski definition) is 1. The fourth-order valence-electron chi connectivity index (χ4n) is 3.75. The Morgan fingerprint density at radius 3 is 2.44 bits per heavy atom. The second kappa shape index (κ2) is 9.30. The largest absolute Gasteiger partial charge is 0.417 e. The van der Waals surface area contributed by atoms with Crippen LogP contribution in [0.4, 0.5) is 18.9 Å². The van der Waals surface area contributed by atoms with Gasteiger partial charge in [0, 0.05) is 32.4 Å². The molecule has 32 heavy (non-hydrogen) atoms. The molecule has 0 radical (unpaired) electrons. The summed E-state index contributed by atoms with van der Waals surface area (Å²) in [6.45, 7) is 2.43. The molecule has 1 aliphatic rings. The van der Waals surface area contributed by atoms with Crippen molar-refractivity contribution in [3.8, 4) is 6.07 Å². The van der Waals surface area contributed by atoms with E-state index in [1.165, 1.54) is 18.0 Å². The van der Waals surface area contributed by atoms with Crippen molar-refractivity contribution in [3.63, 3.8) is 0 Å². The number of hydrogen-bond acceptors (Lipinski definition) is 4. The highest BCUT2D eigenvalue weighted by Crippen LogP contribution is 2.35. The monoisotopic (exact) mass is 444 g/mol. The van der Waals surface area contributed by atoms with Crippen molar-refractivity contribution in [2.24, 2.45) is 0 Å². The van der Waals surface area contributed by atoms with Crippen LogP contribution in [0.5, 0.6) is 0 Å². The number of nitriles is 1. The van der Waals surface area contributed by atoms with Crippen LogP contribution in [0, 0.1) is 18.3 Å². The zero-order chi connectivity index (χ0) is 23.5. The number of carbonyl (C=O) groups is 2. The number of anilines is 1. The van der Waals surface area contributed by atoms with Crippen molar-refractivity contribution in [1.29, 1.82) is 5.26 Å². The van der Waals surface area contributed by atoms with Crippen molar-refractivity contribution in [3.05, 3.63) is 64.7 Å². The van der Waals surface area contributed by atoms with E-state index >= 15 is 0 Å². The van der Waals surface area contributed by atoms with Gasteiger partial charge in [0.2, 0.25) is 11.8 Å². The van der Waals surface area contributed by atoms with Gasteiger partial charge in [0.25, 0.3) is 0 Å². The van der Waals surface area contributed by atoms with Crippen LogP contribution in [-0.2, 0) is 22.2 Å². The molecule has 1 N–H and O–H groups in total. The first-order chi connectivity index (χ1) is 15.1. The first-order valence-corrected chi connectivity index (χ1v) is 10.1. The van der Waals surface area contributed by atoms with Gasteiger partial charge in [0.05, 0.1) is 23.6 Å². The summed E-state index contributed by atoms with van der Waals surface area (Å²) in [6, 6.07) is 11.7. The second-order valence-corrected chi connectivity index (χ2v) is 7.67. The Hall–Kier alpha value is -3.54. The lowest BCUT2D eigenvalue weighted by atomic mass is 10.0. The van der Waals surface area contributed by atoms with E-state index < -0.39 is 29.3 Å². The fraction of sp³-hybridized carbons (Fsp3) is 0.348. The molecule has 1 fully saturated rings. The molecule has 0 bridgehead atoms. The third-order valence-corrected chi connectivity index (χ3v) is 5.52. The molecule has 6 nitrogen and oxygen atoms in total. The lowest BCUT2D eigenvalue weighted by molar-refractivity contribution is -0.140. The Bertz CT molecular complexity index is 1040. The summed E-state index contributed by atoms with van der Waals surface area (Å²) in [6.07, 6.45) is -4.55. The zero-order valence-electron chi connectivity index (χ0n) is 17.7. The maximum Gasteiger partial charge on any atom is 0.417 e.